The van der Waals surface area contributed by atoms with Gasteiger partial charge in [0.1, 0.15) is 16.5 Å². The quantitative estimate of drug-likeness (QED) is 0.929. The number of fused-ring (bicyclic) bond motifs is 1. The Labute approximate surface area is 131 Å². The topological polar surface area (TPSA) is 59.1 Å². The first-order valence-corrected chi connectivity index (χ1v) is 9.11. The SMILES string of the molecule is CC1CCc2nc(NS(=O)(=O)c3ccc(F)cc3F)sc2C1. The summed E-state index contributed by atoms with van der Waals surface area (Å²) in [6.07, 6.45) is 2.72. The van der Waals surface area contributed by atoms with Gasteiger partial charge >= 0.3 is 0 Å². The smallest absolute Gasteiger partial charge is 0.255 e. The molecule has 3 rings (SSSR count). The molecule has 1 aromatic heterocycles. The number of rotatable bonds is 3. The number of sulfonamides is 1. The van der Waals surface area contributed by atoms with Crippen molar-refractivity contribution in [2.24, 2.45) is 5.92 Å². The summed E-state index contributed by atoms with van der Waals surface area (Å²) in [6, 6.07) is 2.36. The summed E-state index contributed by atoms with van der Waals surface area (Å²) in [5.41, 5.74) is 0.903. The summed E-state index contributed by atoms with van der Waals surface area (Å²) in [5.74, 6) is -1.40. The van der Waals surface area contributed by atoms with Crippen molar-refractivity contribution >= 4 is 26.5 Å². The predicted octanol–water partition coefficient (Wildman–Crippen LogP) is 3.35. The first-order valence-electron chi connectivity index (χ1n) is 6.81. The van der Waals surface area contributed by atoms with Crippen LogP contribution in [0.4, 0.5) is 13.9 Å². The van der Waals surface area contributed by atoms with Crippen LogP contribution >= 0.6 is 11.3 Å². The van der Waals surface area contributed by atoms with E-state index in [-0.39, 0.29) is 5.13 Å². The number of halogens is 2. The van der Waals surface area contributed by atoms with E-state index in [9.17, 15) is 17.2 Å². The van der Waals surface area contributed by atoms with Crippen molar-refractivity contribution in [2.75, 3.05) is 4.72 Å². The normalized spacial score (nSPS) is 18.0. The van der Waals surface area contributed by atoms with Gasteiger partial charge in [0.2, 0.25) is 0 Å². The fourth-order valence-electron chi connectivity index (χ4n) is 2.45. The molecule has 118 valence electrons. The van der Waals surface area contributed by atoms with Crippen LogP contribution in [0, 0.1) is 17.6 Å². The zero-order valence-electron chi connectivity index (χ0n) is 11.8. The van der Waals surface area contributed by atoms with Crippen LogP contribution in [0.25, 0.3) is 0 Å². The minimum absolute atomic E-state index is 0.225. The molecule has 0 amide bonds. The van der Waals surface area contributed by atoms with E-state index >= 15 is 0 Å². The van der Waals surface area contributed by atoms with Crippen LogP contribution in [0.1, 0.15) is 23.9 Å². The summed E-state index contributed by atoms with van der Waals surface area (Å²) < 4.78 is 53.2. The Morgan fingerprint density at radius 2 is 2.14 bits per heavy atom. The predicted molar refractivity (Wildman–Crippen MR) is 80.5 cm³/mol. The van der Waals surface area contributed by atoms with Crippen molar-refractivity contribution in [1.29, 1.82) is 0 Å². The Bertz CT molecular complexity index is 818. The molecule has 1 aliphatic carbocycles. The molecular formula is C14H14F2N2O2S2. The number of hydrogen-bond acceptors (Lipinski definition) is 4. The van der Waals surface area contributed by atoms with Crippen LogP contribution in [0.3, 0.4) is 0 Å². The third-order valence-electron chi connectivity index (χ3n) is 3.59. The van der Waals surface area contributed by atoms with E-state index in [4.69, 9.17) is 0 Å². The van der Waals surface area contributed by atoms with Crippen LogP contribution in [-0.2, 0) is 22.9 Å². The Morgan fingerprint density at radius 1 is 1.36 bits per heavy atom. The third-order valence-corrected chi connectivity index (χ3v) is 6.13. The van der Waals surface area contributed by atoms with Gasteiger partial charge in [-0.05, 0) is 37.3 Å². The van der Waals surface area contributed by atoms with Crippen molar-refractivity contribution in [3.05, 3.63) is 40.4 Å². The molecule has 1 aromatic carbocycles. The maximum absolute atomic E-state index is 13.7. The minimum atomic E-state index is -4.12. The molecule has 0 fully saturated rings. The van der Waals surface area contributed by atoms with Crippen LogP contribution < -0.4 is 4.72 Å². The number of thiazole rings is 1. The maximum Gasteiger partial charge on any atom is 0.266 e. The average molecular weight is 344 g/mol. The third kappa shape index (κ3) is 2.98. The molecule has 1 heterocycles. The Balaban J connectivity index is 1.89. The summed E-state index contributed by atoms with van der Waals surface area (Å²) in [7, 11) is -4.12. The highest BCUT2D eigenvalue weighted by Gasteiger charge is 2.24. The van der Waals surface area contributed by atoms with Gasteiger partial charge in [0, 0.05) is 10.9 Å². The highest BCUT2D eigenvalue weighted by molar-refractivity contribution is 7.93. The molecule has 4 nitrogen and oxygen atoms in total. The van der Waals surface area contributed by atoms with Crippen molar-refractivity contribution in [3.8, 4) is 0 Å². The standard InChI is InChI=1S/C14H14F2N2O2S2/c1-8-2-4-11-12(6-8)21-14(17-11)18-22(19,20)13-5-3-9(15)7-10(13)16/h3,5,7-8H,2,4,6H2,1H3,(H,17,18). The molecule has 1 atom stereocenters. The van der Waals surface area contributed by atoms with Crippen molar-refractivity contribution in [3.63, 3.8) is 0 Å². The zero-order chi connectivity index (χ0) is 15.9. The lowest BCUT2D eigenvalue weighted by atomic mass is 9.93. The minimum Gasteiger partial charge on any atom is -0.255 e. The summed E-state index contributed by atoms with van der Waals surface area (Å²) in [5, 5.41) is 0.225. The second kappa shape index (κ2) is 5.58. The number of aryl methyl sites for hydroxylation is 1. The van der Waals surface area contributed by atoms with Crippen LogP contribution in [0.5, 0.6) is 0 Å². The monoisotopic (exact) mass is 344 g/mol. The van der Waals surface area contributed by atoms with E-state index in [2.05, 4.69) is 16.6 Å². The van der Waals surface area contributed by atoms with E-state index in [0.717, 1.165) is 42.0 Å². The average Bonchev–Trinajstić information content (AvgIpc) is 2.78. The second-order valence-electron chi connectivity index (χ2n) is 5.42. The molecule has 0 saturated heterocycles. The van der Waals surface area contributed by atoms with E-state index in [0.29, 0.717) is 12.0 Å². The lowest BCUT2D eigenvalue weighted by Crippen LogP contribution is -2.14. The molecule has 0 radical (unpaired) electrons. The summed E-state index contributed by atoms with van der Waals surface area (Å²) >= 11 is 1.27. The molecule has 22 heavy (non-hydrogen) atoms. The number of aromatic nitrogens is 1. The lowest BCUT2D eigenvalue weighted by molar-refractivity contribution is 0.502. The first kappa shape index (κ1) is 15.4. The van der Waals surface area contributed by atoms with Crippen molar-refractivity contribution in [2.45, 2.75) is 31.1 Å². The fourth-order valence-corrected chi connectivity index (χ4v) is 4.91. The van der Waals surface area contributed by atoms with Gasteiger partial charge in [-0.1, -0.05) is 6.92 Å². The van der Waals surface area contributed by atoms with E-state index in [1.807, 2.05) is 0 Å². The van der Waals surface area contributed by atoms with Gasteiger partial charge in [0.25, 0.3) is 10.0 Å². The Morgan fingerprint density at radius 3 is 2.86 bits per heavy atom. The molecule has 1 unspecified atom stereocenters. The summed E-state index contributed by atoms with van der Waals surface area (Å²) in [6.45, 7) is 2.14. The molecule has 8 heteroatoms. The number of benzene rings is 1. The van der Waals surface area contributed by atoms with E-state index < -0.39 is 26.6 Å². The Hall–Kier alpha value is -1.54. The lowest BCUT2D eigenvalue weighted by Gasteiger charge is -2.15. The van der Waals surface area contributed by atoms with Gasteiger partial charge in [-0.25, -0.2) is 22.2 Å². The first-order chi connectivity index (χ1) is 10.3. The molecule has 0 saturated carbocycles. The van der Waals surface area contributed by atoms with E-state index in [1.165, 1.54) is 11.3 Å². The molecule has 2 aromatic rings. The number of nitrogens with one attached hydrogen (secondary N) is 1. The van der Waals surface area contributed by atoms with Gasteiger partial charge < -0.3 is 0 Å². The Kier molecular flexibility index (Phi) is 3.90. The number of hydrogen-bond donors (Lipinski definition) is 1. The molecule has 0 spiro atoms. The molecule has 0 aliphatic heterocycles. The van der Waals surface area contributed by atoms with Crippen molar-refractivity contribution in [1.82, 2.24) is 4.98 Å². The molecular weight excluding hydrogens is 330 g/mol. The number of anilines is 1. The second-order valence-corrected chi connectivity index (χ2v) is 8.15. The molecule has 0 bridgehead atoms. The van der Waals surface area contributed by atoms with Gasteiger partial charge in [-0.3, -0.25) is 4.72 Å². The highest BCUT2D eigenvalue weighted by atomic mass is 32.2. The molecule has 1 aliphatic rings. The summed E-state index contributed by atoms with van der Waals surface area (Å²) in [4.78, 5) is 4.75. The molecule has 1 N–H and O–H groups in total. The van der Waals surface area contributed by atoms with Gasteiger partial charge in [-0.2, -0.15) is 0 Å². The highest BCUT2D eigenvalue weighted by Crippen LogP contribution is 2.33. The van der Waals surface area contributed by atoms with Gasteiger partial charge in [0.15, 0.2) is 5.13 Å². The van der Waals surface area contributed by atoms with E-state index in [1.54, 1.807) is 0 Å². The largest absolute Gasteiger partial charge is 0.266 e. The van der Waals surface area contributed by atoms with Gasteiger partial charge in [0.05, 0.1) is 5.69 Å². The van der Waals surface area contributed by atoms with Crippen LogP contribution in [-0.4, -0.2) is 13.4 Å². The fraction of sp³-hybridized carbons (Fsp3) is 0.357. The maximum atomic E-state index is 13.7. The zero-order valence-corrected chi connectivity index (χ0v) is 13.4. The van der Waals surface area contributed by atoms with Crippen LogP contribution in [0.15, 0.2) is 23.1 Å². The van der Waals surface area contributed by atoms with Crippen molar-refractivity contribution < 1.29 is 17.2 Å². The van der Waals surface area contributed by atoms with Gasteiger partial charge in [-0.15, -0.1) is 11.3 Å². The number of nitrogens with zero attached hydrogens (tertiary/aromatic N) is 1. The van der Waals surface area contributed by atoms with Crippen LogP contribution in [0.2, 0.25) is 0 Å².